The first-order chi connectivity index (χ1) is 12.1. The summed E-state index contributed by atoms with van der Waals surface area (Å²) in [4.78, 5) is 12.8. The molecule has 0 fully saturated rings. The maximum Gasteiger partial charge on any atom is 0.412 e. The second-order valence-corrected chi connectivity index (χ2v) is 12.7. The van der Waals surface area contributed by atoms with Crippen LogP contribution in [-0.2, 0) is 25.6 Å². The third-order valence-electron chi connectivity index (χ3n) is 3.97. The largest absolute Gasteiger partial charge is 0.446 e. The molecular formula is C18H22F3O3PS2. The van der Waals surface area contributed by atoms with E-state index in [1.807, 2.05) is 32.9 Å². The van der Waals surface area contributed by atoms with Crippen LogP contribution in [0.2, 0.25) is 0 Å². The van der Waals surface area contributed by atoms with E-state index in [1.54, 1.807) is 13.8 Å². The fourth-order valence-electron chi connectivity index (χ4n) is 3.05. The monoisotopic (exact) mass is 438 g/mol. The van der Waals surface area contributed by atoms with Gasteiger partial charge in [0.25, 0.3) is 0 Å². The first kappa shape index (κ1) is 22.5. The number of benzene rings is 1. The van der Waals surface area contributed by atoms with Crippen molar-refractivity contribution in [2.45, 2.75) is 45.5 Å². The molecule has 9 heteroatoms. The van der Waals surface area contributed by atoms with Crippen LogP contribution in [0.25, 0.3) is 5.57 Å². The van der Waals surface area contributed by atoms with E-state index in [2.05, 4.69) is 0 Å². The number of hydrogen-bond donors (Lipinski definition) is 0. The lowest BCUT2D eigenvalue weighted by Gasteiger charge is -2.27. The molecule has 1 heterocycles. The second-order valence-electron chi connectivity index (χ2n) is 7.13. The Morgan fingerprint density at radius 2 is 1.70 bits per heavy atom. The maximum atomic E-state index is 12.8. The molecule has 27 heavy (non-hydrogen) atoms. The van der Waals surface area contributed by atoms with Crippen molar-refractivity contribution in [3.05, 3.63) is 40.1 Å². The van der Waals surface area contributed by atoms with Crippen LogP contribution in [0.3, 0.4) is 0 Å². The lowest BCUT2D eigenvalue weighted by molar-refractivity contribution is -0.153. The van der Waals surface area contributed by atoms with Crippen LogP contribution in [0.5, 0.6) is 0 Å². The van der Waals surface area contributed by atoms with E-state index in [0.717, 1.165) is 34.0 Å². The molecule has 1 aromatic rings. The summed E-state index contributed by atoms with van der Waals surface area (Å²) in [5, 5.41) is -0.184. The number of aryl methyl sites for hydroxylation is 3. The molecule has 0 bridgehead atoms. The maximum absolute atomic E-state index is 12.8. The van der Waals surface area contributed by atoms with Gasteiger partial charge < -0.3 is 9.05 Å². The van der Waals surface area contributed by atoms with E-state index in [-0.39, 0.29) is 5.12 Å². The Labute approximate surface area is 166 Å². The summed E-state index contributed by atoms with van der Waals surface area (Å²) in [5.74, 6) is 0.292. The number of halogens is 3. The molecule has 1 aromatic carbocycles. The van der Waals surface area contributed by atoms with Crippen LogP contribution in [0, 0.1) is 20.8 Å². The summed E-state index contributed by atoms with van der Waals surface area (Å²) >= 11 is 6.27. The number of rotatable bonds is 5. The second kappa shape index (κ2) is 7.54. The molecule has 1 unspecified atom stereocenters. The molecule has 3 nitrogen and oxygen atoms in total. The van der Waals surface area contributed by atoms with Crippen molar-refractivity contribution >= 4 is 40.7 Å². The number of carbonyl (C=O) groups excluding carboxylic acids is 1. The SMILES string of the molecule is Cc1cc(C)c(C2=C(OP(C)(=S)OCC(F)(F)F)C(C)(C)SC2=O)c(C)c1. The quantitative estimate of drug-likeness (QED) is 0.534. The molecule has 0 radical (unpaired) electrons. The smallest absolute Gasteiger partial charge is 0.412 e. The van der Waals surface area contributed by atoms with Gasteiger partial charge in [0, 0.05) is 6.66 Å². The summed E-state index contributed by atoms with van der Waals surface area (Å²) in [6, 6.07) is 3.91. The molecule has 0 N–H and O–H groups in total. The number of carbonyl (C=O) groups is 1. The van der Waals surface area contributed by atoms with Crippen molar-refractivity contribution in [2.75, 3.05) is 13.3 Å². The van der Waals surface area contributed by atoms with Crippen LogP contribution in [0.4, 0.5) is 13.2 Å². The molecule has 0 aromatic heterocycles. The molecule has 0 saturated heterocycles. The van der Waals surface area contributed by atoms with Crippen molar-refractivity contribution in [2.24, 2.45) is 0 Å². The average Bonchev–Trinajstić information content (AvgIpc) is 2.66. The van der Waals surface area contributed by atoms with Crippen molar-refractivity contribution in [1.29, 1.82) is 0 Å². The molecule has 2 rings (SSSR count). The molecule has 1 atom stereocenters. The van der Waals surface area contributed by atoms with Gasteiger partial charge >= 0.3 is 6.18 Å². The lowest BCUT2D eigenvalue weighted by Crippen LogP contribution is -2.19. The van der Waals surface area contributed by atoms with Gasteiger partial charge in [0.15, 0.2) is 6.61 Å². The van der Waals surface area contributed by atoms with Crippen LogP contribution in [0.15, 0.2) is 17.9 Å². The van der Waals surface area contributed by atoms with E-state index >= 15 is 0 Å². The number of alkyl halides is 3. The molecule has 0 aliphatic carbocycles. The van der Waals surface area contributed by atoms with E-state index in [0.29, 0.717) is 11.3 Å². The van der Waals surface area contributed by atoms with Crippen molar-refractivity contribution in [3.8, 4) is 0 Å². The highest BCUT2D eigenvalue weighted by atomic mass is 32.5. The third kappa shape index (κ3) is 5.37. The molecule has 1 aliphatic heterocycles. The number of hydrogen-bond acceptors (Lipinski definition) is 5. The van der Waals surface area contributed by atoms with Crippen LogP contribution in [0.1, 0.15) is 36.1 Å². The predicted octanol–water partition coefficient (Wildman–Crippen LogP) is 5.91. The molecule has 1 aliphatic rings. The zero-order valence-corrected chi connectivity index (χ0v) is 18.5. The van der Waals surface area contributed by atoms with Gasteiger partial charge in [0.1, 0.15) is 5.76 Å². The Kier molecular flexibility index (Phi) is 6.28. The molecule has 0 amide bonds. The van der Waals surface area contributed by atoms with Gasteiger partial charge in [-0.3, -0.25) is 4.79 Å². The first-order valence-electron chi connectivity index (χ1n) is 8.18. The highest BCUT2D eigenvalue weighted by molar-refractivity contribution is 8.16. The Bertz CT molecular complexity index is 837. The zero-order valence-electron chi connectivity index (χ0n) is 16.0. The topological polar surface area (TPSA) is 35.5 Å². The number of thioether (sulfide) groups is 1. The minimum Gasteiger partial charge on any atom is -0.446 e. The standard InChI is InChI=1S/C18H22F3O3PS2/c1-10-7-11(2)13(12(3)8-10)14-15(17(4,5)27-16(14)22)24-25(6,26)23-9-18(19,20)21/h7-8H,9H2,1-6H3. The summed E-state index contributed by atoms with van der Waals surface area (Å²) < 4.78 is 47.5. The molecular weight excluding hydrogens is 416 g/mol. The van der Waals surface area contributed by atoms with Crippen LogP contribution >= 0.6 is 18.3 Å². The Balaban J connectivity index is 2.54. The summed E-state index contributed by atoms with van der Waals surface area (Å²) in [5.41, 5.74) is 3.96. The normalized spacial score (nSPS) is 19.4. The first-order valence-corrected chi connectivity index (χ1v) is 12.1. The van der Waals surface area contributed by atoms with E-state index in [9.17, 15) is 18.0 Å². The van der Waals surface area contributed by atoms with Gasteiger partial charge in [0.2, 0.25) is 11.6 Å². The van der Waals surface area contributed by atoms with Gasteiger partial charge in [-0.15, -0.1) is 0 Å². The van der Waals surface area contributed by atoms with Crippen LogP contribution < -0.4 is 0 Å². The van der Waals surface area contributed by atoms with E-state index in [1.165, 1.54) is 6.66 Å². The average molecular weight is 438 g/mol. The van der Waals surface area contributed by atoms with Gasteiger partial charge in [-0.1, -0.05) is 29.5 Å². The Morgan fingerprint density at radius 3 is 2.19 bits per heavy atom. The minimum absolute atomic E-state index is 0.184. The van der Waals surface area contributed by atoms with Gasteiger partial charge in [-0.05, 0) is 63.1 Å². The summed E-state index contributed by atoms with van der Waals surface area (Å²) in [7, 11) is 0. The minimum atomic E-state index is -4.50. The van der Waals surface area contributed by atoms with E-state index < -0.39 is 24.0 Å². The third-order valence-corrected chi connectivity index (χ3v) is 6.71. The predicted molar refractivity (Wildman–Crippen MR) is 108 cm³/mol. The molecule has 150 valence electrons. The van der Waals surface area contributed by atoms with Gasteiger partial charge in [0.05, 0.1) is 10.3 Å². The highest BCUT2D eigenvalue weighted by Crippen LogP contribution is 2.57. The lowest BCUT2D eigenvalue weighted by atomic mass is 9.91. The van der Waals surface area contributed by atoms with E-state index in [4.69, 9.17) is 20.9 Å². The fourth-order valence-corrected chi connectivity index (χ4v) is 5.58. The van der Waals surface area contributed by atoms with Gasteiger partial charge in [-0.2, -0.15) is 13.2 Å². The van der Waals surface area contributed by atoms with Crippen molar-refractivity contribution < 1.29 is 27.0 Å². The Morgan fingerprint density at radius 1 is 1.19 bits per heavy atom. The summed E-state index contributed by atoms with van der Waals surface area (Å²) in [6.45, 7) is 5.94. The highest BCUT2D eigenvalue weighted by Gasteiger charge is 2.44. The molecule has 0 spiro atoms. The van der Waals surface area contributed by atoms with Crippen molar-refractivity contribution in [1.82, 2.24) is 0 Å². The fraction of sp³-hybridized carbons (Fsp3) is 0.500. The van der Waals surface area contributed by atoms with Crippen LogP contribution in [-0.4, -0.2) is 29.3 Å². The van der Waals surface area contributed by atoms with Crippen molar-refractivity contribution in [3.63, 3.8) is 0 Å². The zero-order chi connectivity index (χ0) is 20.8. The molecule has 0 saturated carbocycles. The Hall–Kier alpha value is -0.820. The van der Waals surface area contributed by atoms with Gasteiger partial charge in [-0.25, -0.2) is 0 Å². The summed E-state index contributed by atoms with van der Waals surface area (Å²) in [6.07, 6.45) is -4.50.